The van der Waals surface area contributed by atoms with Gasteiger partial charge in [0.15, 0.2) is 11.6 Å². The molecule has 3 aromatic carbocycles. The van der Waals surface area contributed by atoms with Gasteiger partial charge in [0, 0.05) is 23.0 Å². The molecule has 0 aliphatic heterocycles. The van der Waals surface area contributed by atoms with Crippen LogP contribution < -0.4 is 5.32 Å². The van der Waals surface area contributed by atoms with Crippen molar-refractivity contribution >= 4 is 17.1 Å². The second-order valence-electron chi connectivity index (χ2n) is 7.94. The number of rotatable bonds is 4. The molecule has 5 aromatic rings. The molecule has 1 amide bonds. The van der Waals surface area contributed by atoms with Gasteiger partial charge in [-0.05, 0) is 55.0 Å². The molecular weight excluding hydrogens is 458 g/mol. The van der Waals surface area contributed by atoms with Gasteiger partial charge >= 0.3 is 0 Å². The minimum absolute atomic E-state index is 0.0362. The first kappa shape index (κ1) is 22.3. The molecule has 0 atom stereocenters. The monoisotopic (exact) mass is 475 g/mol. The third kappa shape index (κ3) is 3.93. The molecule has 5 rings (SSSR count). The highest BCUT2D eigenvalue weighted by Crippen LogP contribution is 2.33. The number of aromatic nitrogens is 2. The third-order valence-electron chi connectivity index (χ3n) is 5.73. The van der Waals surface area contributed by atoms with Crippen molar-refractivity contribution in [1.29, 1.82) is 0 Å². The summed E-state index contributed by atoms with van der Waals surface area (Å²) in [4.78, 5) is 17.2. The lowest BCUT2D eigenvalue weighted by Crippen LogP contribution is -2.16. The summed E-state index contributed by atoms with van der Waals surface area (Å²) in [6.45, 7) is 1.61. The van der Waals surface area contributed by atoms with Gasteiger partial charge in [0.25, 0.3) is 5.91 Å². The van der Waals surface area contributed by atoms with Crippen molar-refractivity contribution in [2.75, 3.05) is 5.32 Å². The maximum absolute atomic E-state index is 15.8. The standard InChI is InChI=1S/C27H17F4N3O/c1-15-7-12-19(25(31)23(15)27(35)33-17-10-8-16(28)9-11-17)18-5-3-13-34-22(18)14-32-26(34)20-4-2-6-21(29)24(20)30/h2-14H,1H3,(H,33,35). The molecule has 2 aromatic heterocycles. The van der Waals surface area contributed by atoms with Gasteiger partial charge < -0.3 is 5.32 Å². The number of halogens is 4. The number of nitrogens with one attached hydrogen (secondary N) is 1. The highest BCUT2D eigenvalue weighted by molar-refractivity contribution is 6.06. The van der Waals surface area contributed by atoms with Crippen LogP contribution in [0.1, 0.15) is 15.9 Å². The van der Waals surface area contributed by atoms with Gasteiger partial charge in [-0.2, -0.15) is 0 Å². The summed E-state index contributed by atoms with van der Waals surface area (Å²) < 4.78 is 58.7. The fourth-order valence-corrected chi connectivity index (χ4v) is 4.01. The Kier molecular flexibility index (Phi) is 5.56. The number of nitrogens with zero attached hydrogens (tertiary/aromatic N) is 2. The van der Waals surface area contributed by atoms with E-state index in [-0.39, 0.29) is 22.5 Å². The van der Waals surface area contributed by atoms with Gasteiger partial charge in [0.2, 0.25) is 0 Å². The average molecular weight is 475 g/mol. The van der Waals surface area contributed by atoms with Gasteiger partial charge in [-0.15, -0.1) is 0 Å². The number of carbonyl (C=O) groups excluding carboxylic acids is 1. The van der Waals surface area contributed by atoms with E-state index in [0.717, 1.165) is 6.07 Å². The van der Waals surface area contributed by atoms with Crippen molar-refractivity contribution in [3.63, 3.8) is 0 Å². The van der Waals surface area contributed by atoms with Crippen molar-refractivity contribution in [3.05, 3.63) is 114 Å². The zero-order valence-corrected chi connectivity index (χ0v) is 18.3. The molecule has 2 heterocycles. The van der Waals surface area contributed by atoms with E-state index in [1.165, 1.54) is 47.0 Å². The van der Waals surface area contributed by atoms with Crippen LogP contribution in [0.4, 0.5) is 23.2 Å². The van der Waals surface area contributed by atoms with Crippen LogP contribution in [0.25, 0.3) is 28.0 Å². The first-order valence-electron chi connectivity index (χ1n) is 10.6. The van der Waals surface area contributed by atoms with Crippen molar-refractivity contribution in [3.8, 4) is 22.5 Å². The highest BCUT2D eigenvalue weighted by atomic mass is 19.2. The molecule has 1 N–H and O–H groups in total. The number of imidazole rings is 1. The summed E-state index contributed by atoms with van der Waals surface area (Å²) >= 11 is 0. The Balaban J connectivity index is 1.60. The molecule has 4 nitrogen and oxygen atoms in total. The Morgan fingerprint density at radius 1 is 0.829 bits per heavy atom. The summed E-state index contributed by atoms with van der Waals surface area (Å²) in [6, 6.07) is 15.4. The first-order valence-corrected chi connectivity index (χ1v) is 10.6. The molecule has 0 spiro atoms. The minimum atomic E-state index is -1.04. The van der Waals surface area contributed by atoms with E-state index in [4.69, 9.17) is 0 Å². The van der Waals surface area contributed by atoms with Crippen LogP contribution in [-0.4, -0.2) is 15.3 Å². The van der Waals surface area contributed by atoms with E-state index in [1.54, 1.807) is 37.4 Å². The maximum Gasteiger partial charge on any atom is 0.258 e. The number of anilines is 1. The van der Waals surface area contributed by atoms with E-state index in [0.29, 0.717) is 22.3 Å². The lowest BCUT2D eigenvalue weighted by atomic mass is 9.98. The van der Waals surface area contributed by atoms with Gasteiger partial charge in [-0.25, -0.2) is 22.5 Å². The van der Waals surface area contributed by atoms with E-state index in [9.17, 15) is 18.0 Å². The largest absolute Gasteiger partial charge is 0.322 e. The van der Waals surface area contributed by atoms with E-state index < -0.39 is 29.2 Å². The molecule has 174 valence electrons. The fraction of sp³-hybridized carbons (Fsp3) is 0.0370. The SMILES string of the molecule is Cc1ccc(-c2cccn3c(-c4cccc(F)c4F)ncc23)c(F)c1C(=O)Nc1ccc(F)cc1. The van der Waals surface area contributed by atoms with Crippen LogP contribution >= 0.6 is 0 Å². The van der Waals surface area contributed by atoms with Gasteiger partial charge in [-0.1, -0.05) is 24.3 Å². The number of hydrogen-bond donors (Lipinski definition) is 1. The van der Waals surface area contributed by atoms with E-state index in [1.807, 2.05) is 0 Å². The van der Waals surface area contributed by atoms with Crippen molar-refractivity contribution in [2.45, 2.75) is 6.92 Å². The molecule has 0 bridgehead atoms. The van der Waals surface area contributed by atoms with Crippen LogP contribution in [0.15, 0.2) is 79.1 Å². The lowest BCUT2D eigenvalue weighted by molar-refractivity contribution is 0.102. The number of aryl methyl sites for hydroxylation is 1. The summed E-state index contributed by atoms with van der Waals surface area (Å²) in [5.74, 6) is -3.78. The smallest absolute Gasteiger partial charge is 0.258 e. The molecule has 0 aliphatic rings. The number of pyridine rings is 1. The van der Waals surface area contributed by atoms with Crippen molar-refractivity contribution in [2.24, 2.45) is 0 Å². The maximum atomic E-state index is 15.8. The second-order valence-corrected chi connectivity index (χ2v) is 7.94. The molecular formula is C27H17F4N3O. The Bertz CT molecular complexity index is 1590. The predicted molar refractivity (Wildman–Crippen MR) is 125 cm³/mol. The zero-order chi connectivity index (χ0) is 24.7. The van der Waals surface area contributed by atoms with E-state index >= 15 is 4.39 Å². The lowest BCUT2D eigenvalue weighted by Gasteiger charge is -2.13. The van der Waals surface area contributed by atoms with Crippen molar-refractivity contribution in [1.82, 2.24) is 9.38 Å². The topological polar surface area (TPSA) is 46.4 Å². The zero-order valence-electron chi connectivity index (χ0n) is 18.3. The number of benzene rings is 3. The van der Waals surface area contributed by atoms with Crippen LogP contribution in [0.2, 0.25) is 0 Å². The highest BCUT2D eigenvalue weighted by Gasteiger charge is 2.22. The molecule has 0 saturated carbocycles. The number of carbonyl (C=O) groups is 1. The van der Waals surface area contributed by atoms with Crippen LogP contribution in [0, 0.1) is 30.2 Å². The predicted octanol–water partition coefficient (Wildman–Crippen LogP) is 6.79. The summed E-state index contributed by atoms with van der Waals surface area (Å²) in [5.41, 5.74) is 1.52. The Hall–Kier alpha value is -4.46. The summed E-state index contributed by atoms with van der Waals surface area (Å²) in [5, 5.41) is 2.58. The van der Waals surface area contributed by atoms with Crippen LogP contribution in [-0.2, 0) is 0 Å². The quantitative estimate of drug-likeness (QED) is 0.291. The Morgan fingerprint density at radius 2 is 1.57 bits per heavy atom. The van der Waals surface area contributed by atoms with E-state index in [2.05, 4.69) is 10.3 Å². The third-order valence-corrected chi connectivity index (χ3v) is 5.73. The number of amides is 1. The molecule has 35 heavy (non-hydrogen) atoms. The molecule has 0 saturated heterocycles. The molecule has 0 radical (unpaired) electrons. The van der Waals surface area contributed by atoms with Crippen molar-refractivity contribution < 1.29 is 22.4 Å². The summed E-state index contributed by atoms with van der Waals surface area (Å²) in [7, 11) is 0. The van der Waals surface area contributed by atoms with Gasteiger partial charge in [0.1, 0.15) is 17.5 Å². The number of hydrogen-bond acceptors (Lipinski definition) is 2. The molecule has 8 heteroatoms. The molecule has 0 unspecified atom stereocenters. The number of fused-ring (bicyclic) bond motifs is 1. The van der Waals surface area contributed by atoms with Gasteiger partial charge in [-0.3, -0.25) is 9.20 Å². The second kappa shape index (κ2) is 8.72. The Labute approximate surface area is 197 Å². The van der Waals surface area contributed by atoms with Crippen LogP contribution in [0.5, 0.6) is 0 Å². The molecule has 0 aliphatic carbocycles. The first-order chi connectivity index (χ1) is 16.8. The van der Waals surface area contributed by atoms with Gasteiger partial charge in [0.05, 0.1) is 22.8 Å². The minimum Gasteiger partial charge on any atom is -0.322 e. The molecule has 0 fully saturated rings. The normalized spacial score (nSPS) is 11.1. The summed E-state index contributed by atoms with van der Waals surface area (Å²) in [6.07, 6.45) is 3.05. The Morgan fingerprint density at radius 3 is 2.34 bits per heavy atom. The average Bonchev–Trinajstić information content (AvgIpc) is 3.27. The fourth-order valence-electron chi connectivity index (χ4n) is 4.01. The van der Waals surface area contributed by atoms with Crippen LogP contribution in [0.3, 0.4) is 0 Å².